The van der Waals surface area contributed by atoms with Gasteiger partial charge in [-0.1, -0.05) is 0 Å². The summed E-state index contributed by atoms with van der Waals surface area (Å²) < 4.78 is 15.4. The van der Waals surface area contributed by atoms with E-state index < -0.39 is 0 Å². The molecular formula is C11H18O3S2. The lowest BCUT2D eigenvalue weighted by atomic mass is 10.4. The largest absolute Gasteiger partial charge is 0.382 e. The molecule has 0 atom stereocenters. The van der Waals surface area contributed by atoms with Crippen LogP contribution in [0.25, 0.3) is 0 Å². The zero-order chi connectivity index (χ0) is 11.6. The van der Waals surface area contributed by atoms with Gasteiger partial charge in [-0.15, -0.1) is 23.1 Å². The molecule has 0 saturated carbocycles. The van der Waals surface area contributed by atoms with E-state index in [1.165, 1.54) is 9.77 Å². The summed E-state index contributed by atoms with van der Waals surface area (Å²) in [4.78, 5) is 2.75. The Kier molecular flexibility index (Phi) is 7.88. The van der Waals surface area contributed by atoms with Gasteiger partial charge in [0, 0.05) is 23.3 Å². The van der Waals surface area contributed by atoms with Crippen molar-refractivity contribution in [1.82, 2.24) is 0 Å². The van der Waals surface area contributed by atoms with Crippen LogP contribution in [0, 0.1) is 0 Å². The molecule has 0 amide bonds. The number of methoxy groups -OCH3 is 1. The molecule has 0 aliphatic heterocycles. The highest BCUT2D eigenvalue weighted by atomic mass is 32.2. The van der Waals surface area contributed by atoms with Gasteiger partial charge < -0.3 is 14.2 Å². The monoisotopic (exact) mass is 262 g/mol. The highest BCUT2D eigenvalue weighted by molar-refractivity contribution is 7.98. The van der Waals surface area contributed by atoms with Crippen LogP contribution in [0.4, 0.5) is 0 Å². The van der Waals surface area contributed by atoms with Crippen molar-refractivity contribution >= 4 is 23.1 Å². The zero-order valence-corrected chi connectivity index (χ0v) is 11.4. The first-order chi connectivity index (χ1) is 7.88. The maximum absolute atomic E-state index is 5.37. The van der Waals surface area contributed by atoms with Gasteiger partial charge in [-0.3, -0.25) is 0 Å². The maximum atomic E-state index is 5.37. The zero-order valence-electron chi connectivity index (χ0n) is 9.73. The fourth-order valence-corrected chi connectivity index (χ4v) is 2.94. The Labute approximate surface area is 105 Å². The molecule has 0 unspecified atom stereocenters. The van der Waals surface area contributed by atoms with Crippen molar-refractivity contribution in [2.75, 3.05) is 40.0 Å². The van der Waals surface area contributed by atoms with Crippen molar-refractivity contribution in [3.05, 3.63) is 16.3 Å². The predicted octanol–water partition coefficient (Wildman–Crippen LogP) is 2.65. The fraction of sp³-hybridized carbons (Fsp3) is 0.636. The molecule has 1 aromatic rings. The number of rotatable bonds is 9. The molecule has 1 heterocycles. The van der Waals surface area contributed by atoms with Crippen molar-refractivity contribution < 1.29 is 14.2 Å². The lowest BCUT2D eigenvalue weighted by Gasteiger charge is -2.05. The van der Waals surface area contributed by atoms with Gasteiger partial charge in [0.15, 0.2) is 0 Å². The highest BCUT2D eigenvalue weighted by Gasteiger charge is 2.02. The van der Waals surface area contributed by atoms with Crippen LogP contribution in [0.5, 0.6) is 0 Å². The van der Waals surface area contributed by atoms with Gasteiger partial charge in [-0.25, -0.2) is 0 Å². The number of thioether (sulfide) groups is 1. The van der Waals surface area contributed by atoms with E-state index >= 15 is 0 Å². The Balaban J connectivity index is 2.03. The second-order valence-electron chi connectivity index (χ2n) is 3.09. The molecule has 0 aromatic carbocycles. The Morgan fingerprint density at radius 1 is 1.25 bits per heavy atom. The van der Waals surface area contributed by atoms with E-state index in [1.807, 2.05) is 0 Å². The van der Waals surface area contributed by atoms with Crippen LogP contribution in [0.3, 0.4) is 0 Å². The van der Waals surface area contributed by atoms with E-state index in [2.05, 4.69) is 17.7 Å². The maximum Gasteiger partial charge on any atom is 0.146 e. The van der Waals surface area contributed by atoms with Crippen molar-refractivity contribution in [2.45, 2.75) is 11.3 Å². The number of ether oxygens (including phenoxy) is 3. The van der Waals surface area contributed by atoms with Crippen molar-refractivity contribution in [3.63, 3.8) is 0 Å². The summed E-state index contributed by atoms with van der Waals surface area (Å²) in [5, 5.41) is 2.12. The van der Waals surface area contributed by atoms with E-state index in [4.69, 9.17) is 14.2 Å². The topological polar surface area (TPSA) is 27.7 Å². The first-order valence-corrected chi connectivity index (χ1v) is 7.23. The molecule has 16 heavy (non-hydrogen) atoms. The van der Waals surface area contributed by atoms with Gasteiger partial charge in [0.2, 0.25) is 0 Å². The van der Waals surface area contributed by atoms with Crippen molar-refractivity contribution in [2.24, 2.45) is 0 Å². The molecule has 1 aromatic heterocycles. The summed E-state index contributed by atoms with van der Waals surface area (Å²) in [5.41, 5.74) is 0. The molecule has 0 radical (unpaired) electrons. The lowest BCUT2D eigenvalue weighted by Crippen LogP contribution is -2.07. The average Bonchev–Trinajstić information content (AvgIpc) is 2.75. The Hall–Kier alpha value is -0.0700. The van der Waals surface area contributed by atoms with E-state index in [-0.39, 0.29) is 0 Å². The third kappa shape index (κ3) is 5.32. The second-order valence-corrected chi connectivity index (χ2v) is 4.94. The minimum Gasteiger partial charge on any atom is -0.382 e. The summed E-state index contributed by atoms with van der Waals surface area (Å²) >= 11 is 3.57. The molecule has 92 valence electrons. The first kappa shape index (κ1) is 14.0. The molecule has 0 bridgehead atoms. The van der Waals surface area contributed by atoms with Gasteiger partial charge in [-0.2, -0.15) is 0 Å². The summed E-state index contributed by atoms with van der Waals surface area (Å²) in [6.45, 7) is 2.26. The molecule has 1 rings (SSSR count). The molecule has 5 heteroatoms. The van der Waals surface area contributed by atoms with Crippen LogP contribution >= 0.6 is 23.1 Å². The van der Waals surface area contributed by atoms with E-state index in [0.29, 0.717) is 26.6 Å². The Morgan fingerprint density at radius 2 is 2.06 bits per heavy atom. The highest BCUT2D eigenvalue weighted by Crippen LogP contribution is 2.25. The predicted molar refractivity (Wildman–Crippen MR) is 68.5 cm³/mol. The lowest BCUT2D eigenvalue weighted by molar-refractivity contribution is -0.0646. The molecule has 0 saturated heterocycles. The van der Waals surface area contributed by atoms with E-state index in [9.17, 15) is 0 Å². The summed E-state index contributed by atoms with van der Waals surface area (Å²) in [7, 11) is 1.66. The summed E-state index contributed by atoms with van der Waals surface area (Å²) in [6.07, 6.45) is 3.06. The van der Waals surface area contributed by atoms with Gasteiger partial charge in [0.25, 0.3) is 0 Å². The van der Waals surface area contributed by atoms with Crippen LogP contribution in [0.15, 0.2) is 16.3 Å². The van der Waals surface area contributed by atoms with Crippen molar-refractivity contribution in [1.29, 1.82) is 0 Å². The molecule has 0 spiro atoms. The molecule has 0 N–H and O–H groups in total. The van der Waals surface area contributed by atoms with Gasteiger partial charge in [0.1, 0.15) is 6.79 Å². The molecular weight excluding hydrogens is 244 g/mol. The number of hydrogen-bond donors (Lipinski definition) is 0. The first-order valence-electron chi connectivity index (χ1n) is 5.13. The van der Waals surface area contributed by atoms with Crippen molar-refractivity contribution in [3.8, 4) is 0 Å². The standard InChI is InChI=1S/C11H18O3S2/c1-12-6-7-14-9-13-5-3-11-10(15-2)4-8-16-11/h4,8H,3,5-7,9H2,1-2H3. The average molecular weight is 262 g/mol. The number of thiophene rings is 1. The third-order valence-electron chi connectivity index (χ3n) is 2.00. The summed E-state index contributed by atoms with van der Waals surface area (Å²) in [6, 6.07) is 2.15. The van der Waals surface area contributed by atoms with Gasteiger partial charge in [0.05, 0.1) is 19.8 Å². The summed E-state index contributed by atoms with van der Waals surface area (Å²) in [5.74, 6) is 0. The van der Waals surface area contributed by atoms with E-state index in [0.717, 1.165) is 6.42 Å². The normalized spacial score (nSPS) is 10.9. The van der Waals surface area contributed by atoms with Crippen LogP contribution < -0.4 is 0 Å². The molecule has 3 nitrogen and oxygen atoms in total. The van der Waals surface area contributed by atoms with Gasteiger partial charge in [-0.05, 0) is 17.7 Å². The van der Waals surface area contributed by atoms with Crippen LogP contribution in [0.2, 0.25) is 0 Å². The second kappa shape index (κ2) is 9.01. The number of hydrogen-bond acceptors (Lipinski definition) is 5. The Morgan fingerprint density at radius 3 is 2.81 bits per heavy atom. The smallest absolute Gasteiger partial charge is 0.146 e. The van der Waals surface area contributed by atoms with Crippen LogP contribution in [-0.2, 0) is 20.6 Å². The van der Waals surface area contributed by atoms with Gasteiger partial charge >= 0.3 is 0 Å². The molecule has 0 fully saturated rings. The van der Waals surface area contributed by atoms with Crippen LogP contribution in [0.1, 0.15) is 4.88 Å². The Bertz CT molecular complexity index is 276. The minimum atomic E-state index is 0.351. The SMILES string of the molecule is COCCOCOCCc1sccc1SC. The minimum absolute atomic E-state index is 0.351. The van der Waals surface area contributed by atoms with E-state index in [1.54, 1.807) is 30.2 Å². The fourth-order valence-electron chi connectivity index (χ4n) is 1.18. The quantitative estimate of drug-likeness (QED) is 0.388. The molecule has 0 aliphatic carbocycles. The third-order valence-corrected chi connectivity index (χ3v) is 3.93. The van der Waals surface area contributed by atoms with Crippen LogP contribution in [-0.4, -0.2) is 40.0 Å². The molecule has 0 aliphatic rings.